The SMILES string of the molecule is O=C(/C=C/C(=O)Nc1ccc2c(c1)B(O)OC2)Nc1ccc2c(c1)B(O)OC2. The van der Waals surface area contributed by atoms with E-state index in [1.807, 2.05) is 0 Å². The highest BCUT2D eigenvalue weighted by Gasteiger charge is 2.28. The highest BCUT2D eigenvalue weighted by molar-refractivity contribution is 6.62. The molecule has 4 rings (SSSR count). The van der Waals surface area contributed by atoms with E-state index < -0.39 is 26.1 Å². The molecule has 28 heavy (non-hydrogen) atoms. The Labute approximate surface area is 161 Å². The zero-order chi connectivity index (χ0) is 19.7. The van der Waals surface area contributed by atoms with Crippen LogP contribution < -0.4 is 21.6 Å². The van der Waals surface area contributed by atoms with E-state index in [2.05, 4.69) is 10.6 Å². The molecular weight excluding hydrogens is 362 g/mol. The van der Waals surface area contributed by atoms with Crippen LogP contribution in [0.1, 0.15) is 11.1 Å². The van der Waals surface area contributed by atoms with Crippen molar-refractivity contribution in [3.05, 3.63) is 59.7 Å². The molecule has 4 N–H and O–H groups in total. The summed E-state index contributed by atoms with van der Waals surface area (Å²) in [5.74, 6) is -0.970. The van der Waals surface area contributed by atoms with Crippen LogP contribution in [0.15, 0.2) is 48.6 Å². The summed E-state index contributed by atoms with van der Waals surface area (Å²) in [6.07, 6.45) is 2.22. The van der Waals surface area contributed by atoms with Crippen molar-refractivity contribution in [1.82, 2.24) is 0 Å². The maximum atomic E-state index is 12.0. The molecule has 2 aromatic carbocycles. The number of carbonyl (C=O) groups excluding carboxylic acids is 2. The van der Waals surface area contributed by atoms with E-state index >= 15 is 0 Å². The second kappa shape index (κ2) is 7.61. The van der Waals surface area contributed by atoms with Crippen LogP contribution in [0.2, 0.25) is 0 Å². The average Bonchev–Trinajstić information content (AvgIpc) is 3.23. The van der Waals surface area contributed by atoms with Gasteiger partial charge >= 0.3 is 14.2 Å². The van der Waals surface area contributed by atoms with Crippen LogP contribution in [-0.2, 0) is 32.1 Å². The zero-order valence-electron chi connectivity index (χ0n) is 14.7. The Kier molecular flexibility index (Phi) is 5.01. The number of hydrogen-bond acceptors (Lipinski definition) is 6. The first-order chi connectivity index (χ1) is 13.5. The molecule has 0 unspecified atom stereocenters. The van der Waals surface area contributed by atoms with Crippen molar-refractivity contribution in [2.75, 3.05) is 10.6 Å². The summed E-state index contributed by atoms with van der Waals surface area (Å²) in [6.45, 7) is 0.660. The van der Waals surface area contributed by atoms with E-state index in [0.717, 1.165) is 23.3 Å². The molecule has 140 valence electrons. The Morgan fingerprint density at radius 1 is 0.821 bits per heavy atom. The number of benzene rings is 2. The third kappa shape index (κ3) is 3.85. The summed E-state index contributed by atoms with van der Waals surface area (Å²) in [7, 11) is -1.99. The number of anilines is 2. The summed E-state index contributed by atoms with van der Waals surface area (Å²) in [5.41, 5.74) is 3.94. The van der Waals surface area contributed by atoms with E-state index in [1.165, 1.54) is 0 Å². The highest BCUT2D eigenvalue weighted by Crippen LogP contribution is 2.15. The van der Waals surface area contributed by atoms with Crippen molar-refractivity contribution in [3.63, 3.8) is 0 Å². The van der Waals surface area contributed by atoms with Gasteiger partial charge in [0.25, 0.3) is 0 Å². The van der Waals surface area contributed by atoms with Gasteiger partial charge < -0.3 is 30.0 Å². The molecule has 2 aromatic rings. The normalized spacial score (nSPS) is 14.9. The quantitative estimate of drug-likeness (QED) is 0.411. The molecule has 2 aliphatic rings. The lowest BCUT2D eigenvalue weighted by atomic mass is 9.79. The third-order valence-corrected chi connectivity index (χ3v) is 4.54. The Hall–Kier alpha value is -2.91. The lowest BCUT2D eigenvalue weighted by Gasteiger charge is -2.06. The van der Waals surface area contributed by atoms with Crippen LogP contribution in [0.5, 0.6) is 0 Å². The number of rotatable bonds is 4. The summed E-state index contributed by atoms with van der Waals surface area (Å²) >= 11 is 0. The Bertz CT molecular complexity index is 903. The summed E-state index contributed by atoms with van der Waals surface area (Å²) in [5, 5.41) is 24.7. The maximum Gasteiger partial charge on any atom is 0.491 e. The van der Waals surface area contributed by atoms with Crippen molar-refractivity contribution >= 4 is 48.4 Å². The fourth-order valence-electron chi connectivity index (χ4n) is 3.10. The molecule has 0 atom stereocenters. The third-order valence-electron chi connectivity index (χ3n) is 4.54. The molecular formula is C18H16B2N2O6. The molecule has 0 saturated carbocycles. The summed E-state index contributed by atoms with van der Waals surface area (Å²) in [6, 6.07) is 10.2. The van der Waals surface area contributed by atoms with Gasteiger partial charge in [0.2, 0.25) is 11.8 Å². The molecule has 0 saturated heterocycles. The van der Waals surface area contributed by atoms with E-state index in [4.69, 9.17) is 9.31 Å². The van der Waals surface area contributed by atoms with Gasteiger partial charge in [-0.25, -0.2) is 0 Å². The van der Waals surface area contributed by atoms with Gasteiger partial charge in [0.05, 0.1) is 13.2 Å². The molecule has 2 amide bonds. The predicted octanol–water partition coefficient (Wildman–Crippen LogP) is -0.745. The minimum atomic E-state index is -0.996. The lowest BCUT2D eigenvalue weighted by Crippen LogP contribution is -2.28. The number of nitrogens with one attached hydrogen (secondary N) is 2. The standard InChI is InChI=1S/C18H16B2N2O6/c23-17(21-13-3-1-11-9-27-19(25)15(11)7-13)5-6-18(24)22-14-4-2-12-10-28-20(26)16(12)8-14/h1-8,25-26H,9-10H2,(H,21,23)(H,22,24)/b6-5+. The van der Waals surface area contributed by atoms with Crippen LogP contribution in [0.25, 0.3) is 0 Å². The van der Waals surface area contributed by atoms with Gasteiger partial charge in [0.1, 0.15) is 0 Å². The molecule has 0 fully saturated rings. The molecule has 0 aromatic heterocycles. The van der Waals surface area contributed by atoms with Gasteiger partial charge in [-0.1, -0.05) is 12.1 Å². The van der Waals surface area contributed by atoms with Crippen LogP contribution >= 0.6 is 0 Å². The van der Waals surface area contributed by atoms with E-state index in [-0.39, 0.29) is 0 Å². The van der Waals surface area contributed by atoms with Gasteiger partial charge in [-0.3, -0.25) is 9.59 Å². The molecule has 0 spiro atoms. The lowest BCUT2D eigenvalue weighted by molar-refractivity contribution is -0.114. The van der Waals surface area contributed by atoms with E-state index in [9.17, 15) is 19.6 Å². The second-order valence-corrected chi connectivity index (χ2v) is 6.47. The molecule has 0 radical (unpaired) electrons. The monoisotopic (exact) mass is 378 g/mol. The van der Waals surface area contributed by atoms with Crippen LogP contribution in [-0.4, -0.2) is 36.1 Å². The van der Waals surface area contributed by atoms with Gasteiger partial charge in [-0.15, -0.1) is 0 Å². The first-order valence-electron chi connectivity index (χ1n) is 8.64. The number of amides is 2. The molecule has 10 heteroatoms. The average molecular weight is 378 g/mol. The fourth-order valence-corrected chi connectivity index (χ4v) is 3.10. The minimum absolute atomic E-state index is 0.330. The molecule has 2 heterocycles. The van der Waals surface area contributed by atoms with Crippen molar-refractivity contribution in [3.8, 4) is 0 Å². The summed E-state index contributed by atoms with van der Waals surface area (Å²) in [4.78, 5) is 24.1. The predicted molar refractivity (Wildman–Crippen MR) is 104 cm³/mol. The van der Waals surface area contributed by atoms with Crippen molar-refractivity contribution in [2.45, 2.75) is 13.2 Å². The Morgan fingerprint density at radius 2 is 1.25 bits per heavy atom. The van der Waals surface area contributed by atoms with Crippen LogP contribution in [0, 0.1) is 0 Å². The topological polar surface area (TPSA) is 117 Å². The minimum Gasteiger partial charge on any atom is -0.423 e. The second-order valence-electron chi connectivity index (χ2n) is 6.47. The van der Waals surface area contributed by atoms with E-state index in [0.29, 0.717) is 35.5 Å². The molecule has 2 aliphatic heterocycles. The highest BCUT2D eigenvalue weighted by atomic mass is 16.5. The maximum absolute atomic E-state index is 12.0. The van der Waals surface area contributed by atoms with Gasteiger partial charge in [-0.2, -0.15) is 0 Å². The number of hydrogen-bond donors (Lipinski definition) is 4. The zero-order valence-corrected chi connectivity index (χ0v) is 14.7. The van der Waals surface area contributed by atoms with Crippen LogP contribution in [0.3, 0.4) is 0 Å². The molecule has 0 bridgehead atoms. The molecule has 0 aliphatic carbocycles. The van der Waals surface area contributed by atoms with Crippen LogP contribution in [0.4, 0.5) is 11.4 Å². The van der Waals surface area contributed by atoms with Gasteiger partial charge in [-0.05, 0) is 46.3 Å². The fraction of sp³-hybridized carbons (Fsp3) is 0.111. The van der Waals surface area contributed by atoms with Crippen molar-refractivity contribution in [1.29, 1.82) is 0 Å². The first kappa shape index (κ1) is 18.5. The van der Waals surface area contributed by atoms with Crippen molar-refractivity contribution in [2.24, 2.45) is 0 Å². The van der Waals surface area contributed by atoms with Gasteiger partial charge in [0.15, 0.2) is 0 Å². The van der Waals surface area contributed by atoms with Gasteiger partial charge in [0, 0.05) is 23.5 Å². The molecule has 8 nitrogen and oxygen atoms in total. The number of carbonyl (C=O) groups is 2. The Morgan fingerprint density at radius 3 is 1.68 bits per heavy atom. The largest absolute Gasteiger partial charge is 0.491 e. The Balaban J connectivity index is 1.35. The summed E-state index contributed by atoms with van der Waals surface area (Å²) < 4.78 is 10.2. The smallest absolute Gasteiger partial charge is 0.423 e. The van der Waals surface area contributed by atoms with E-state index in [1.54, 1.807) is 36.4 Å². The number of fused-ring (bicyclic) bond motifs is 2. The van der Waals surface area contributed by atoms with Crippen molar-refractivity contribution < 1.29 is 28.9 Å². The first-order valence-corrected chi connectivity index (χ1v) is 8.64.